The van der Waals surface area contributed by atoms with Crippen LogP contribution in [0.15, 0.2) is 54.7 Å². The van der Waals surface area contributed by atoms with Crippen LogP contribution >= 0.6 is 0 Å². The first kappa shape index (κ1) is 20.9. The predicted octanol–water partition coefficient (Wildman–Crippen LogP) is 2.98. The zero-order valence-electron chi connectivity index (χ0n) is 17.1. The van der Waals surface area contributed by atoms with Gasteiger partial charge in [-0.25, -0.2) is 0 Å². The summed E-state index contributed by atoms with van der Waals surface area (Å²) in [6.45, 7) is 2.65. The molecule has 0 aliphatic rings. The molecule has 0 radical (unpaired) electrons. The third-order valence-corrected chi connectivity index (χ3v) is 4.99. The molecule has 0 aliphatic carbocycles. The van der Waals surface area contributed by atoms with E-state index in [1.54, 1.807) is 14.2 Å². The van der Waals surface area contributed by atoms with E-state index in [2.05, 4.69) is 22.4 Å². The molecule has 6 nitrogen and oxygen atoms in total. The highest BCUT2D eigenvalue weighted by molar-refractivity contribution is 5.83. The lowest BCUT2D eigenvalue weighted by atomic mass is 10.1. The average molecular weight is 396 g/mol. The number of nitrogens with zero attached hydrogens (tertiary/aromatic N) is 1. The van der Waals surface area contributed by atoms with Crippen LogP contribution in [0.2, 0.25) is 0 Å². The molecule has 2 aromatic carbocycles. The van der Waals surface area contributed by atoms with Gasteiger partial charge >= 0.3 is 0 Å². The molecule has 1 heterocycles. The Balaban J connectivity index is 1.71. The monoisotopic (exact) mass is 395 g/mol. The molecule has 0 atom stereocenters. The van der Waals surface area contributed by atoms with Crippen LogP contribution in [0.25, 0.3) is 10.9 Å². The molecule has 0 spiro atoms. The smallest absolute Gasteiger partial charge is 0.236 e. The first-order valence-electron chi connectivity index (χ1n) is 9.87. The molecule has 0 saturated heterocycles. The van der Waals surface area contributed by atoms with Crippen molar-refractivity contribution in [3.63, 3.8) is 0 Å². The maximum absolute atomic E-state index is 12.9. The zero-order chi connectivity index (χ0) is 20.5. The highest BCUT2D eigenvalue weighted by atomic mass is 16.5. The zero-order valence-corrected chi connectivity index (χ0v) is 17.1. The second-order valence-electron chi connectivity index (χ2n) is 6.91. The number of benzene rings is 2. The van der Waals surface area contributed by atoms with Gasteiger partial charge in [0.1, 0.15) is 5.75 Å². The summed E-state index contributed by atoms with van der Waals surface area (Å²) in [4.78, 5) is 18.1. The van der Waals surface area contributed by atoms with Crippen molar-refractivity contribution in [3.05, 3.63) is 65.9 Å². The van der Waals surface area contributed by atoms with E-state index in [4.69, 9.17) is 9.47 Å². The number of carbonyl (C=O) groups is 1. The summed E-state index contributed by atoms with van der Waals surface area (Å²) in [5.74, 6) is 0.858. The minimum absolute atomic E-state index is 0.0619. The first-order valence-corrected chi connectivity index (χ1v) is 9.87. The number of aromatic nitrogens is 1. The summed E-state index contributed by atoms with van der Waals surface area (Å²) in [5, 5.41) is 4.35. The number of methoxy groups -OCH3 is 2. The Morgan fingerprint density at radius 2 is 1.86 bits per heavy atom. The lowest BCUT2D eigenvalue weighted by Gasteiger charge is -2.24. The van der Waals surface area contributed by atoms with Crippen LogP contribution < -0.4 is 10.1 Å². The van der Waals surface area contributed by atoms with E-state index >= 15 is 0 Å². The van der Waals surface area contributed by atoms with E-state index in [9.17, 15) is 4.79 Å². The third kappa shape index (κ3) is 5.59. The number of fused-ring (bicyclic) bond motifs is 1. The lowest BCUT2D eigenvalue weighted by molar-refractivity contribution is -0.130. The molecular weight excluding hydrogens is 366 g/mol. The molecule has 0 unspecified atom stereocenters. The van der Waals surface area contributed by atoms with E-state index in [1.807, 2.05) is 47.5 Å². The fraction of sp³-hybridized carbons (Fsp3) is 0.348. The van der Waals surface area contributed by atoms with Gasteiger partial charge in [0.2, 0.25) is 5.91 Å². The van der Waals surface area contributed by atoms with Gasteiger partial charge in [-0.2, -0.15) is 0 Å². The first-order chi connectivity index (χ1) is 14.2. The normalized spacial score (nSPS) is 11.0. The van der Waals surface area contributed by atoms with Crippen LogP contribution in [-0.2, 0) is 22.5 Å². The van der Waals surface area contributed by atoms with Crippen molar-refractivity contribution in [3.8, 4) is 5.75 Å². The summed E-state index contributed by atoms with van der Waals surface area (Å²) < 4.78 is 10.5. The van der Waals surface area contributed by atoms with Crippen LogP contribution in [0, 0.1) is 0 Å². The van der Waals surface area contributed by atoms with Crippen molar-refractivity contribution < 1.29 is 14.3 Å². The third-order valence-electron chi connectivity index (χ3n) is 4.99. The Kier molecular flexibility index (Phi) is 7.67. The number of hydrogen-bond donors (Lipinski definition) is 2. The Bertz CT molecular complexity index is 922. The predicted molar refractivity (Wildman–Crippen MR) is 115 cm³/mol. The molecule has 2 N–H and O–H groups in total. The number of amides is 1. The molecule has 3 aromatic rings. The van der Waals surface area contributed by atoms with E-state index in [1.165, 1.54) is 10.9 Å². The van der Waals surface area contributed by atoms with E-state index in [0.717, 1.165) is 23.3 Å². The van der Waals surface area contributed by atoms with Crippen LogP contribution in [0.4, 0.5) is 0 Å². The average Bonchev–Trinajstić information content (AvgIpc) is 3.17. The standard InChI is InChI=1S/C23H29N3O3/c1-28-14-12-24-16-23(27)26(17-19-7-3-6-10-22(19)29-2)13-11-18-15-25-21-9-5-4-8-20(18)21/h3-10,15,24-25H,11-14,16-17H2,1-2H3. The number of carbonyl (C=O) groups excluding carboxylic acids is 1. The number of para-hydroxylation sites is 2. The molecule has 1 aromatic heterocycles. The summed E-state index contributed by atoms with van der Waals surface area (Å²) >= 11 is 0. The number of nitrogens with one attached hydrogen (secondary N) is 2. The molecule has 1 amide bonds. The molecule has 0 saturated carbocycles. The Labute approximate surface area is 171 Å². The Morgan fingerprint density at radius 3 is 2.69 bits per heavy atom. The van der Waals surface area contributed by atoms with Gasteiger partial charge < -0.3 is 24.7 Å². The fourth-order valence-electron chi connectivity index (χ4n) is 3.41. The SMILES string of the molecule is COCCNCC(=O)N(CCc1c[nH]c2ccccc12)Cc1ccccc1OC. The molecule has 29 heavy (non-hydrogen) atoms. The van der Waals surface area contributed by atoms with E-state index < -0.39 is 0 Å². The van der Waals surface area contributed by atoms with Crippen molar-refractivity contribution >= 4 is 16.8 Å². The quantitative estimate of drug-likeness (QED) is 0.490. The van der Waals surface area contributed by atoms with Gasteiger partial charge in [-0.3, -0.25) is 4.79 Å². The van der Waals surface area contributed by atoms with Gasteiger partial charge in [-0.05, 0) is 24.1 Å². The number of H-pyrrole nitrogens is 1. The number of aromatic amines is 1. The van der Waals surface area contributed by atoms with Gasteiger partial charge in [0.15, 0.2) is 0 Å². The highest BCUT2D eigenvalue weighted by Crippen LogP contribution is 2.21. The summed E-state index contributed by atoms with van der Waals surface area (Å²) in [6, 6.07) is 16.1. The summed E-state index contributed by atoms with van der Waals surface area (Å²) in [6.07, 6.45) is 2.82. The molecule has 154 valence electrons. The number of hydrogen-bond acceptors (Lipinski definition) is 4. The van der Waals surface area contributed by atoms with Crippen molar-refractivity contribution in [2.75, 3.05) is 40.5 Å². The van der Waals surface area contributed by atoms with Crippen LogP contribution in [0.1, 0.15) is 11.1 Å². The topological polar surface area (TPSA) is 66.6 Å². The summed E-state index contributed by atoms with van der Waals surface area (Å²) in [5.41, 5.74) is 3.33. The maximum atomic E-state index is 12.9. The van der Waals surface area contributed by atoms with Crippen LogP contribution in [-0.4, -0.2) is 56.3 Å². The largest absolute Gasteiger partial charge is 0.496 e. The Hall–Kier alpha value is -2.83. The number of ether oxygens (including phenoxy) is 2. The number of rotatable bonds is 11. The van der Waals surface area contributed by atoms with E-state index in [-0.39, 0.29) is 12.5 Å². The summed E-state index contributed by atoms with van der Waals surface area (Å²) in [7, 11) is 3.31. The maximum Gasteiger partial charge on any atom is 0.236 e. The molecule has 3 rings (SSSR count). The molecule has 6 heteroatoms. The lowest BCUT2D eigenvalue weighted by Crippen LogP contribution is -2.39. The van der Waals surface area contributed by atoms with Crippen molar-refractivity contribution in [2.45, 2.75) is 13.0 Å². The molecule has 0 bridgehead atoms. The van der Waals surface area contributed by atoms with Gasteiger partial charge in [0, 0.05) is 49.4 Å². The van der Waals surface area contributed by atoms with Gasteiger partial charge in [0.05, 0.1) is 20.3 Å². The Morgan fingerprint density at radius 1 is 1.07 bits per heavy atom. The van der Waals surface area contributed by atoms with Crippen molar-refractivity contribution in [1.29, 1.82) is 0 Å². The van der Waals surface area contributed by atoms with Crippen molar-refractivity contribution in [1.82, 2.24) is 15.2 Å². The van der Waals surface area contributed by atoms with Crippen LogP contribution in [0.3, 0.4) is 0 Å². The van der Waals surface area contributed by atoms with Gasteiger partial charge in [0.25, 0.3) is 0 Å². The van der Waals surface area contributed by atoms with Crippen molar-refractivity contribution in [2.24, 2.45) is 0 Å². The highest BCUT2D eigenvalue weighted by Gasteiger charge is 2.16. The second kappa shape index (κ2) is 10.6. The van der Waals surface area contributed by atoms with E-state index in [0.29, 0.717) is 26.2 Å². The van der Waals surface area contributed by atoms with Gasteiger partial charge in [-0.15, -0.1) is 0 Å². The second-order valence-corrected chi connectivity index (χ2v) is 6.91. The van der Waals surface area contributed by atoms with Gasteiger partial charge in [-0.1, -0.05) is 36.4 Å². The minimum atomic E-state index is 0.0619. The van der Waals surface area contributed by atoms with Crippen LogP contribution in [0.5, 0.6) is 5.75 Å². The minimum Gasteiger partial charge on any atom is -0.496 e. The molecule has 0 fully saturated rings. The molecular formula is C23H29N3O3. The fourth-order valence-corrected chi connectivity index (χ4v) is 3.41. The molecule has 0 aliphatic heterocycles.